The second kappa shape index (κ2) is 7.09. The zero-order chi connectivity index (χ0) is 17.9. The third-order valence-electron chi connectivity index (χ3n) is 4.89. The number of hydrogen-bond donors (Lipinski definition) is 0. The first-order chi connectivity index (χ1) is 12.7. The highest BCUT2D eigenvalue weighted by Gasteiger charge is 2.19. The third kappa shape index (κ3) is 3.36. The lowest BCUT2D eigenvalue weighted by molar-refractivity contribution is -0.384. The first-order valence-electron chi connectivity index (χ1n) is 8.75. The number of piperazine rings is 1. The molecule has 0 bridgehead atoms. The van der Waals surface area contributed by atoms with Crippen LogP contribution in [0.5, 0.6) is 0 Å². The van der Waals surface area contributed by atoms with Gasteiger partial charge in [-0.1, -0.05) is 30.3 Å². The highest BCUT2D eigenvalue weighted by atomic mass is 16.6. The zero-order valence-electron chi connectivity index (χ0n) is 14.4. The average Bonchev–Trinajstić information content (AvgIpc) is 2.69. The Morgan fingerprint density at radius 2 is 1.77 bits per heavy atom. The van der Waals surface area contributed by atoms with E-state index in [-0.39, 0.29) is 10.6 Å². The molecule has 0 N–H and O–H groups in total. The van der Waals surface area contributed by atoms with E-state index in [1.165, 1.54) is 17.0 Å². The molecule has 6 heteroatoms. The number of non-ortho nitro benzene ring substituents is 1. The van der Waals surface area contributed by atoms with Crippen LogP contribution in [0.1, 0.15) is 5.56 Å². The lowest BCUT2D eigenvalue weighted by atomic mass is 10.1. The van der Waals surface area contributed by atoms with Gasteiger partial charge >= 0.3 is 0 Å². The fourth-order valence-corrected chi connectivity index (χ4v) is 3.50. The maximum Gasteiger partial charge on any atom is 0.271 e. The molecule has 0 radical (unpaired) electrons. The number of aromatic nitrogens is 1. The summed E-state index contributed by atoms with van der Waals surface area (Å²) < 4.78 is 0. The number of nitrogens with zero attached hydrogens (tertiary/aromatic N) is 4. The number of nitro benzene ring substituents is 1. The van der Waals surface area contributed by atoms with Crippen molar-refractivity contribution in [2.24, 2.45) is 0 Å². The zero-order valence-corrected chi connectivity index (χ0v) is 14.4. The maximum atomic E-state index is 11.0. The summed E-state index contributed by atoms with van der Waals surface area (Å²) in [5, 5.41) is 12.1. The molecule has 2 aromatic carbocycles. The molecule has 0 saturated carbocycles. The Morgan fingerprint density at radius 3 is 2.58 bits per heavy atom. The number of pyridine rings is 1. The molecule has 1 aliphatic rings. The number of para-hydroxylation sites is 1. The van der Waals surface area contributed by atoms with Crippen molar-refractivity contribution >= 4 is 22.3 Å². The Bertz CT molecular complexity index is 931. The molecule has 0 amide bonds. The van der Waals surface area contributed by atoms with Gasteiger partial charge in [-0.3, -0.25) is 20.0 Å². The van der Waals surface area contributed by atoms with Crippen LogP contribution in [0.4, 0.5) is 11.4 Å². The number of benzene rings is 2. The number of hydrogen-bond acceptors (Lipinski definition) is 5. The first-order valence-corrected chi connectivity index (χ1v) is 8.75. The quantitative estimate of drug-likeness (QED) is 0.534. The minimum Gasteiger partial charge on any atom is -0.369 e. The standard InChI is InChI=1S/C20H20N4O2/c25-24(26)19-8-2-7-18(14-19)23-12-10-22(11-13-23)15-17-5-1-4-16-6-3-9-21-20(16)17/h1-9,14H,10-13,15H2. The Labute approximate surface area is 151 Å². The Kier molecular flexibility index (Phi) is 4.50. The van der Waals surface area contributed by atoms with E-state index in [0.29, 0.717) is 0 Å². The van der Waals surface area contributed by atoms with E-state index in [1.54, 1.807) is 12.1 Å². The Balaban J connectivity index is 1.44. The van der Waals surface area contributed by atoms with Crippen LogP contribution in [0, 0.1) is 10.1 Å². The fraction of sp³-hybridized carbons (Fsp3) is 0.250. The maximum absolute atomic E-state index is 11.0. The second-order valence-corrected chi connectivity index (χ2v) is 6.53. The van der Waals surface area contributed by atoms with E-state index < -0.39 is 0 Å². The molecule has 6 nitrogen and oxygen atoms in total. The summed E-state index contributed by atoms with van der Waals surface area (Å²) >= 11 is 0. The molecular formula is C20H20N4O2. The van der Waals surface area contributed by atoms with Gasteiger partial charge in [0.1, 0.15) is 0 Å². The predicted octanol–water partition coefficient (Wildman–Crippen LogP) is 3.47. The van der Waals surface area contributed by atoms with Crippen molar-refractivity contribution in [3.63, 3.8) is 0 Å². The molecule has 1 aliphatic heterocycles. The van der Waals surface area contributed by atoms with Crippen LogP contribution in [0.3, 0.4) is 0 Å². The summed E-state index contributed by atoms with van der Waals surface area (Å²) in [5.41, 5.74) is 3.38. The first kappa shape index (κ1) is 16.5. The third-order valence-corrected chi connectivity index (χ3v) is 4.89. The van der Waals surface area contributed by atoms with E-state index in [4.69, 9.17) is 0 Å². The largest absolute Gasteiger partial charge is 0.369 e. The van der Waals surface area contributed by atoms with E-state index in [1.807, 2.05) is 18.3 Å². The molecule has 0 spiro atoms. The molecule has 26 heavy (non-hydrogen) atoms. The van der Waals surface area contributed by atoms with Crippen molar-refractivity contribution in [2.45, 2.75) is 6.54 Å². The van der Waals surface area contributed by atoms with E-state index >= 15 is 0 Å². The summed E-state index contributed by atoms with van der Waals surface area (Å²) in [7, 11) is 0. The van der Waals surface area contributed by atoms with Crippen molar-refractivity contribution in [1.29, 1.82) is 0 Å². The van der Waals surface area contributed by atoms with Gasteiger partial charge in [-0.05, 0) is 17.7 Å². The van der Waals surface area contributed by atoms with Gasteiger partial charge in [-0.15, -0.1) is 0 Å². The highest BCUT2D eigenvalue weighted by Crippen LogP contribution is 2.23. The van der Waals surface area contributed by atoms with E-state index in [0.717, 1.165) is 43.9 Å². The summed E-state index contributed by atoms with van der Waals surface area (Å²) in [4.78, 5) is 19.8. The molecule has 4 rings (SSSR count). The molecular weight excluding hydrogens is 328 g/mol. The van der Waals surface area contributed by atoms with Gasteiger partial charge in [0, 0.05) is 62.1 Å². The molecule has 1 fully saturated rings. The number of rotatable bonds is 4. The van der Waals surface area contributed by atoms with Crippen LogP contribution in [0.25, 0.3) is 10.9 Å². The number of fused-ring (bicyclic) bond motifs is 1. The van der Waals surface area contributed by atoms with Gasteiger partial charge in [0.15, 0.2) is 0 Å². The van der Waals surface area contributed by atoms with Crippen LogP contribution >= 0.6 is 0 Å². The van der Waals surface area contributed by atoms with Crippen LogP contribution in [-0.2, 0) is 6.54 Å². The summed E-state index contributed by atoms with van der Waals surface area (Å²) in [6, 6.07) is 17.2. The molecule has 3 aromatic rings. The van der Waals surface area contributed by atoms with Crippen LogP contribution in [0.2, 0.25) is 0 Å². The van der Waals surface area contributed by atoms with Crippen molar-refractivity contribution in [3.05, 3.63) is 76.5 Å². The molecule has 0 aliphatic carbocycles. The predicted molar refractivity (Wildman–Crippen MR) is 102 cm³/mol. The van der Waals surface area contributed by atoms with Gasteiger partial charge in [0.05, 0.1) is 10.4 Å². The smallest absolute Gasteiger partial charge is 0.271 e. The van der Waals surface area contributed by atoms with E-state index in [9.17, 15) is 10.1 Å². The minimum absolute atomic E-state index is 0.145. The van der Waals surface area contributed by atoms with Crippen LogP contribution in [-0.4, -0.2) is 41.0 Å². The van der Waals surface area contributed by atoms with Gasteiger partial charge in [0.25, 0.3) is 5.69 Å². The summed E-state index contributed by atoms with van der Waals surface area (Å²) in [6.45, 7) is 4.44. The van der Waals surface area contributed by atoms with E-state index in [2.05, 4.69) is 39.0 Å². The average molecular weight is 348 g/mol. The van der Waals surface area contributed by atoms with Crippen LogP contribution in [0.15, 0.2) is 60.8 Å². The van der Waals surface area contributed by atoms with Gasteiger partial charge < -0.3 is 4.90 Å². The topological polar surface area (TPSA) is 62.5 Å². The van der Waals surface area contributed by atoms with Gasteiger partial charge in [-0.25, -0.2) is 0 Å². The van der Waals surface area contributed by atoms with Gasteiger partial charge in [-0.2, -0.15) is 0 Å². The fourth-order valence-electron chi connectivity index (χ4n) is 3.50. The number of nitro groups is 1. The lowest BCUT2D eigenvalue weighted by Gasteiger charge is -2.36. The molecule has 1 saturated heterocycles. The van der Waals surface area contributed by atoms with Gasteiger partial charge in [0.2, 0.25) is 0 Å². The minimum atomic E-state index is -0.340. The Morgan fingerprint density at radius 1 is 1.00 bits per heavy atom. The Hall–Kier alpha value is -2.99. The van der Waals surface area contributed by atoms with Crippen molar-refractivity contribution in [2.75, 3.05) is 31.1 Å². The second-order valence-electron chi connectivity index (χ2n) is 6.53. The van der Waals surface area contributed by atoms with Crippen molar-refractivity contribution < 1.29 is 4.92 Å². The molecule has 1 aromatic heterocycles. The van der Waals surface area contributed by atoms with Crippen LogP contribution < -0.4 is 4.90 Å². The molecule has 0 atom stereocenters. The lowest BCUT2D eigenvalue weighted by Crippen LogP contribution is -2.46. The number of anilines is 1. The monoisotopic (exact) mass is 348 g/mol. The normalized spacial score (nSPS) is 15.3. The SMILES string of the molecule is O=[N+]([O-])c1cccc(N2CCN(Cc3cccc4cccnc34)CC2)c1. The highest BCUT2D eigenvalue weighted by molar-refractivity contribution is 5.81. The molecule has 0 unspecified atom stereocenters. The van der Waals surface area contributed by atoms with Crippen molar-refractivity contribution in [1.82, 2.24) is 9.88 Å². The van der Waals surface area contributed by atoms with Crippen molar-refractivity contribution in [3.8, 4) is 0 Å². The molecule has 2 heterocycles. The summed E-state index contributed by atoms with van der Waals surface area (Å²) in [6.07, 6.45) is 1.84. The summed E-state index contributed by atoms with van der Waals surface area (Å²) in [5.74, 6) is 0. The molecule has 132 valence electrons.